The molecular formula is C24H21BrF2N4O2S. The van der Waals surface area contributed by atoms with Crippen molar-refractivity contribution in [3.8, 4) is 5.75 Å². The number of aromatic nitrogens is 3. The number of fused-ring (bicyclic) bond motifs is 1. The molecule has 0 aliphatic heterocycles. The number of hydrogen-bond acceptors (Lipinski definition) is 5. The van der Waals surface area contributed by atoms with Gasteiger partial charge in [0.05, 0.1) is 11.4 Å². The number of nitrogens with zero attached hydrogens (tertiary/aromatic N) is 3. The molecule has 0 unspecified atom stereocenters. The molecule has 1 amide bonds. The summed E-state index contributed by atoms with van der Waals surface area (Å²) in [5, 5.41) is 13.7. The number of anilines is 1. The average molecular weight is 547 g/mol. The van der Waals surface area contributed by atoms with Crippen LogP contribution in [0.25, 0.3) is 10.8 Å². The summed E-state index contributed by atoms with van der Waals surface area (Å²) in [4.78, 5) is 12.3. The van der Waals surface area contributed by atoms with Crippen molar-refractivity contribution in [1.82, 2.24) is 14.8 Å². The zero-order valence-corrected chi connectivity index (χ0v) is 20.8. The van der Waals surface area contributed by atoms with Crippen molar-refractivity contribution in [1.29, 1.82) is 0 Å². The Bertz CT molecular complexity index is 1340. The maximum Gasteiger partial charge on any atom is 0.234 e. The standard InChI is InChI=1S/C24H21BrF2N4O2S/c1-3-31-21(12-33-20-9-8-15-6-4-5-7-17(15)14(20)2)29-30-24(31)34-13-22(32)28-23-18(25)10-16(26)11-19(23)27/h4-11H,3,12-13H2,1-2H3,(H,28,32). The number of thioether (sulfide) groups is 1. The lowest BCUT2D eigenvalue weighted by molar-refractivity contribution is -0.113. The molecule has 6 nitrogen and oxygen atoms in total. The molecule has 0 saturated carbocycles. The lowest BCUT2D eigenvalue weighted by atomic mass is 10.0. The van der Waals surface area contributed by atoms with Crippen molar-refractivity contribution in [2.45, 2.75) is 32.2 Å². The van der Waals surface area contributed by atoms with E-state index in [1.165, 1.54) is 11.8 Å². The molecule has 10 heteroatoms. The largest absolute Gasteiger partial charge is 0.485 e. The number of amides is 1. The second-order valence-corrected chi connectivity index (χ2v) is 9.22. The number of ether oxygens (including phenoxy) is 1. The van der Waals surface area contributed by atoms with Gasteiger partial charge in [0.15, 0.2) is 16.8 Å². The van der Waals surface area contributed by atoms with Crippen LogP contribution in [0.3, 0.4) is 0 Å². The fraction of sp³-hybridized carbons (Fsp3) is 0.208. The Balaban J connectivity index is 1.41. The maximum absolute atomic E-state index is 14.0. The van der Waals surface area contributed by atoms with Gasteiger partial charge in [0.2, 0.25) is 5.91 Å². The van der Waals surface area contributed by atoms with Crippen LogP contribution in [-0.4, -0.2) is 26.4 Å². The monoisotopic (exact) mass is 546 g/mol. The van der Waals surface area contributed by atoms with Gasteiger partial charge in [0.25, 0.3) is 0 Å². The van der Waals surface area contributed by atoms with E-state index in [1.54, 1.807) is 0 Å². The van der Waals surface area contributed by atoms with Crippen molar-refractivity contribution >= 4 is 50.1 Å². The Kier molecular flexibility index (Phi) is 7.47. The normalized spacial score (nSPS) is 11.1. The highest BCUT2D eigenvalue weighted by Crippen LogP contribution is 2.29. The average Bonchev–Trinajstić information content (AvgIpc) is 3.21. The van der Waals surface area contributed by atoms with Crippen LogP contribution >= 0.6 is 27.7 Å². The van der Waals surface area contributed by atoms with Crippen LogP contribution in [0, 0.1) is 18.6 Å². The summed E-state index contributed by atoms with van der Waals surface area (Å²) < 4.78 is 35.2. The number of hydrogen-bond donors (Lipinski definition) is 1. The van der Waals surface area contributed by atoms with Gasteiger partial charge < -0.3 is 14.6 Å². The minimum absolute atomic E-state index is 0.0218. The van der Waals surface area contributed by atoms with E-state index in [-0.39, 0.29) is 22.5 Å². The third-order valence-electron chi connectivity index (χ3n) is 5.22. The lowest BCUT2D eigenvalue weighted by Gasteiger charge is -2.12. The molecule has 0 aliphatic carbocycles. The van der Waals surface area contributed by atoms with Crippen molar-refractivity contribution < 1.29 is 18.3 Å². The number of nitrogens with one attached hydrogen (secondary N) is 1. The number of benzene rings is 3. The maximum atomic E-state index is 14.0. The van der Waals surface area contributed by atoms with Crippen LogP contribution in [0.5, 0.6) is 5.75 Å². The number of rotatable bonds is 8. The van der Waals surface area contributed by atoms with E-state index in [9.17, 15) is 13.6 Å². The van der Waals surface area contributed by atoms with E-state index in [0.29, 0.717) is 23.6 Å². The summed E-state index contributed by atoms with van der Waals surface area (Å²) in [5.41, 5.74) is 0.940. The first-order valence-corrected chi connectivity index (χ1v) is 12.3. The summed E-state index contributed by atoms with van der Waals surface area (Å²) in [6.45, 7) is 4.78. The van der Waals surface area contributed by atoms with Gasteiger partial charge in [-0.1, -0.05) is 42.1 Å². The van der Waals surface area contributed by atoms with Crippen LogP contribution in [0.2, 0.25) is 0 Å². The Morgan fingerprint density at radius 3 is 2.74 bits per heavy atom. The molecule has 1 N–H and O–H groups in total. The molecule has 1 heterocycles. The van der Waals surface area contributed by atoms with E-state index in [2.05, 4.69) is 43.6 Å². The number of carbonyl (C=O) groups excluding carboxylic acids is 1. The van der Waals surface area contributed by atoms with E-state index in [1.807, 2.05) is 42.7 Å². The molecule has 0 aliphatic rings. The smallest absolute Gasteiger partial charge is 0.234 e. The van der Waals surface area contributed by atoms with Crippen molar-refractivity contribution in [3.05, 3.63) is 76.0 Å². The first kappa shape index (κ1) is 24.2. The zero-order valence-electron chi connectivity index (χ0n) is 18.4. The molecular weight excluding hydrogens is 526 g/mol. The van der Waals surface area contributed by atoms with E-state index < -0.39 is 17.5 Å². The second kappa shape index (κ2) is 10.5. The summed E-state index contributed by atoms with van der Waals surface area (Å²) in [5.74, 6) is -0.667. The summed E-state index contributed by atoms with van der Waals surface area (Å²) >= 11 is 4.23. The van der Waals surface area contributed by atoms with Crippen molar-refractivity contribution in [2.75, 3.05) is 11.1 Å². The number of aryl methyl sites for hydroxylation is 1. The molecule has 3 aromatic carbocycles. The minimum atomic E-state index is -0.856. The molecule has 4 aromatic rings. The highest BCUT2D eigenvalue weighted by atomic mass is 79.9. The fourth-order valence-corrected chi connectivity index (χ4v) is 4.85. The Hall–Kier alpha value is -2.98. The third-order valence-corrected chi connectivity index (χ3v) is 6.81. The topological polar surface area (TPSA) is 69.0 Å². The first-order chi connectivity index (χ1) is 16.4. The van der Waals surface area contributed by atoms with Crippen LogP contribution in [0.1, 0.15) is 18.3 Å². The van der Waals surface area contributed by atoms with Gasteiger partial charge in [-0.15, -0.1) is 10.2 Å². The van der Waals surface area contributed by atoms with Crippen molar-refractivity contribution in [2.24, 2.45) is 0 Å². The first-order valence-electron chi connectivity index (χ1n) is 10.5. The highest BCUT2D eigenvalue weighted by Gasteiger charge is 2.17. The van der Waals surface area contributed by atoms with Crippen LogP contribution in [0.4, 0.5) is 14.5 Å². The molecule has 0 spiro atoms. The van der Waals surface area contributed by atoms with Crippen LogP contribution in [0.15, 0.2) is 58.2 Å². The Labute approximate surface area is 207 Å². The van der Waals surface area contributed by atoms with Gasteiger partial charge in [-0.25, -0.2) is 8.78 Å². The van der Waals surface area contributed by atoms with Gasteiger partial charge in [-0.3, -0.25) is 4.79 Å². The molecule has 0 saturated heterocycles. The summed E-state index contributed by atoms with van der Waals surface area (Å²) in [6.07, 6.45) is 0. The van der Waals surface area contributed by atoms with Crippen LogP contribution in [-0.2, 0) is 17.9 Å². The zero-order chi connectivity index (χ0) is 24.2. The van der Waals surface area contributed by atoms with Gasteiger partial charge in [0.1, 0.15) is 18.2 Å². The predicted octanol–water partition coefficient (Wildman–Crippen LogP) is 6.11. The molecule has 0 atom stereocenters. The van der Waals surface area contributed by atoms with E-state index >= 15 is 0 Å². The molecule has 1 aromatic heterocycles. The molecule has 4 rings (SSSR count). The van der Waals surface area contributed by atoms with Gasteiger partial charge in [-0.2, -0.15) is 0 Å². The van der Waals surface area contributed by atoms with Crippen LogP contribution < -0.4 is 10.1 Å². The molecule has 34 heavy (non-hydrogen) atoms. The second-order valence-electron chi connectivity index (χ2n) is 7.42. The quantitative estimate of drug-likeness (QED) is 0.270. The number of halogens is 3. The molecule has 0 radical (unpaired) electrons. The minimum Gasteiger partial charge on any atom is -0.485 e. The third kappa shape index (κ3) is 5.23. The SMILES string of the molecule is CCn1c(COc2ccc3ccccc3c2C)nnc1SCC(=O)Nc1c(F)cc(F)cc1Br. The molecule has 0 fully saturated rings. The highest BCUT2D eigenvalue weighted by molar-refractivity contribution is 9.10. The Morgan fingerprint density at radius 2 is 1.97 bits per heavy atom. The lowest BCUT2D eigenvalue weighted by Crippen LogP contribution is -2.16. The van der Waals surface area contributed by atoms with E-state index in [0.717, 1.165) is 28.2 Å². The van der Waals surface area contributed by atoms with Crippen molar-refractivity contribution in [3.63, 3.8) is 0 Å². The molecule has 0 bridgehead atoms. The van der Waals surface area contributed by atoms with Gasteiger partial charge in [0, 0.05) is 17.1 Å². The fourth-order valence-electron chi connectivity index (χ4n) is 3.52. The predicted molar refractivity (Wildman–Crippen MR) is 132 cm³/mol. The van der Waals surface area contributed by atoms with E-state index in [4.69, 9.17) is 4.74 Å². The summed E-state index contributed by atoms with van der Waals surface area (Å²) in [7, 11) is 0. The Morgan fingerprint density at radius 1 is 1.18 bits per heavy atom. The number of carbonyl (C=O) groups is 1. The molecule has 176 valence electrons. The van der Waals surface area contributed by atoms with Gasteiger partial charge in [-0.05, 0) is 58.2 Å². The summed E-state index contributed by atoms with van der Waals surface area (Å²) in [6, 6.07) is 13.9. The van der Waals surface area contributed by atoms with Gasteiger partial charge >= 0.3 is 0 Å².